The van der Waals surface area contributed by atoms with Gasteiger partial charge in [-0.2, -0.15) is 0 Å². The lowest BCUT2D eigenvalue weighted by molar-refractivity contribution is 0.259. The predicted molar refractivity (Wildman–Crippen MR) is 89.2 cm³/mol. The van der Waals surface area contributed by atoms with Crippen LogP contribution in [0.15, 0.2) is 21.8 Å². The van der Waals surface area contributed by atoms with E-state index in [1.807, 2.05) is 4.08 Å². The normalized spacial score (nSPS) is 16.6. The molecular weight excluding hydrogens is 339 g/mol. The Morgan fingerprint density at radius 1 is 1.35 bits per heavy atom. The molecule has 0 unspecified atom stereocenters. The Labute approximate surface area is 122 Å². The van der Waals surface area contributed by atoms with Gasteiger partial charge in [-0.3, -0.25) is 0 Å². The van der Waals surface area contributed by atoms with Crippen LogP contribution in [0.5, 0.6) is 0 Å². The van der Waals surface area contributed by atoms with E-state index in [1.54, 1.807) is 0 Å². The van der Waals surface area contributed by atoms with Crippen LogP contribution in [0.2, 0.25) is 18.1 Å². The average Bonchev–Trinajstić information content (AvgIpc) is 2.13. The predicted octanol–water partition coefficient (Wildman–Crippen LogP) is 5.54. The van der Waals surface area contributed by atoms with Gasteiger partial charge in [0, 0.05) is 6.61 Å². The summed E-state index contributed by atoms with van der Waals surface area (Å²) in [7, 11) is -1.59. The molecule has 0 aliphatic heterocycles. The van der Waals surface area contributed by atoms with Crippen molar-refractivity contribution in [1.29, 1.82) is 0 Å². The molecule has 0 fully saturated rings. The largest absolute Gasteiger partial charge is 0.416 e. The fourth-order valence-corrected chi connectivity index (χ4v) is 2.89. The Morgan fingerprint density at radius 2 is 1.88 bits per heavy atom. The molecule has 0 aliphatic carbocycles. The highest BCUT2D eigenvalue weighted by Crippen LogP contribution is 2.36. The molecule has 0 aliphatic rings. The van der Waals surface area contributed by atoms with Crippen LogP contribution in [0.3, 0.4) is 0 Å². The summed E-state index contributed by atoms with van der Waals surface area (Å²) in [5.74, 6) is 0.483. The number of allylic oxidation sites excluding steroid dienone is 2. The van der Waals surface area contributed by atoms with Crippen LogP contribution in [0.4, 0.5) is 0 Å². The molecule has 0 N–H and O–H groups in total. The molecule has 0 amide bonds. The molecule has 0 aromatic carbocycles. The summed E-state index contributed by atoms with van der Waals surface area (Å²) in [6, 6.07) is 0. The Balaban J connectivity index is 4.35. The first-order valence-corrected chi connectivity index (χ1v) is 10.3. The number of halogens is 1. The topological polar surface area (TPSA) is 9.23 Å². The van der Waals surface area contributed by atoms with Gasteiger partial charge in [0.15, 0.2) is 8.32 Å². The van der Waals surface area contributed by atoms with Gasteiger partial charge >= 0.3 is 0 Å². The van der Waals surface area contributed by atoms with E-state index in [0.717, 1.165) is 6.61 Å². The van der Waals surface area contributed by atoms with Gasteiger partial charge in [0.25, 0.3) is 0 Å². The maximum Gasteiger partial charge on any atom is 0.192 e. The number of rotatable bonds is 5. The van der Waals surface area contributed by atoms with Crippen molar-refractivity contribution in [3.05, 3.63) is 21.8 Å². The van der Waals surface area contributed by atoms with Crippen molar-refractivity contribution >= 4 is 30.9 Å². The van der Waals surface area contributed by atoms with Gasteiger partial charge in [0.1, 0.15) is 0 Å². The third kappa shape index (κ3) is 6.77. The molecule has 0 bridgehead atoms. The highest BCUT2D eigenvalue weighted by atomic mass is 127. The molecule has 0 spiro atoms. The van der Waals surface area contributed by atoms with Gasteiger partial charge in [-0.15, -0.1) is 0 Å². The maximum absolute atomic E-state index is 6.20. The van der Waals surface area contributed by atoms with Gasteiger partial charge < -0.3 is 4.43 Å². The molecule has 0 radical (unpaired) electrons. The van der Waals surface area contributed by atoms with E-state index in [1.165, 1.54) is 5.57 Å². The Morgan fingerprint density at radius 3 is 2.29 bits per heavy atom. The zero-order valence-corrected chi connectivity index (χ0v) is 15.5. The lowest BCUT2D eigenvalue weighted by Gasteiger charge is -2.36. The lowest BCUT2D eigenvalue weighted by Crippen LogP contribution is -2.41. The summed E-state index contributed by atoms with van der Waals surface area (Å²) in [6.45, 7) is 16.7. The quantitative estimate of drug-likeness (QED) is 0.353. The van der Waals surface area contributed by atoms with Crippen LogP contribution in [0.1, 0.15) is 34.6 Å². The van der Waals surface area contributed by atoms with Gasteiger partial charge in [0.05, 0.1) is 0 Å². The van der Waals surface area contributed by atoms with E-state index >= 15 is 0 Å². The molecule has 0 aromatic heterocycles. The van der Waals surface area contributed by atoms with Crippen molar-refractivity contribution in [2.45, 2.75) is 52.8 Å². The van der Waals surface area contributed by atoms with Gasteiger partial charge in [-0.05, 0) is 35.1 Å². The number of hydrogen-bond donors (Lipinski definition) is 0. The summed E-state index contributed by atoms with van der Waals surface area (Å²) >= 11 is 2.25. The molecular formula is C14H27IOSi. The van der Waals surface area contributed by atoms with E-state index < -0.39 is 8.32 Å². The van der Waals surface area contributed by atoms with Crippen LogP contribution in [0.25, 0.3) is 0 Å². The minimum atomic E-state index is -1.59. The second-order valence-electron chi connectivity index (χ2n) is 6.25. The van der Waals surface area contributed by atoms with Crippen LogP contribution < -0.4 is 0 Å². The van der Waals surface area contributed by atoms with Crippen molar-refractivity contribution in [1.82, 2.24) is 0 Å². The van der Waals surface area contributed by atoms with Crippen LogP contribution in [-0.2, 0) is 4.43 Å². The maximum atomic E-state index is 6.20. The SMILES string of the molecule is CC(/C=C/I)=C\[C@H](C)CO[Si](C)(C)C(C)(C)C. The molecule has 0 saturated heterocycles. The third-order valence-electron chi connectivity index (χ3n) is 3.39. The van der Waals surface area contributed by atoms with Crippen LogP contribution >= 0.6 is 22.6 Å². The van der Waals surface area contributed by atoms with E-state index in [-0.39, 0.29) is 0 Å². The van der Waals surface area contributed by atoms with Crippen molar-refractivity contribution in [3.63, 3.8) is 0 Å². The Kier molecular flexibility index (Phi) is 7.25. The van der Waals surface area contributed by atoms with Crippen molar-refractivity contribution in [2.24, 2.45) is 5.92 Å². The molecule has 100 valence electrons. The lowest BCUT2D eigenvalue weighted by atomic mass is 10.1. The molecule has 0 rings (SSSR count). The smallest absolute Gasteiger partial charge is 0.192 e. The fourth-order valence-electron chi connectivity index (χ4n) is 1.21. The van der Waals surface area contributed by atoms with Crippen molar-refractivity contribution in [3.8, 4) is 0 Å². The minimum Gasteiger partial charge on any atom is -0.416 e. The summed E-state index contributed by atoms with van der Waals surface area (Å²) in [5, 5.41) is 0.299. The number of hydrogen-bond acceptors (Lipinski definition) is 1. The molecule has 3 heteroatoms. The fraction of sp³-hybridized carbons (Fsp3) is 0.714. The first-order valence-electron chi connectivity index (χ1n) is 6.19. The zero-order chi connectivity index (χ0) is 13.7. The second-order valence-corrected chi connectivity index (χ2v) is 11.8. The van der Waals surface area contributed by atoms with Crippen molar-refractivity contribution in [2.75, 3.05) is 6.61 Å². The standard InChI is InChI=1S/C14H27IOSi/c1-12(8-9-15)10-13(2)11-16-17(6,7)14(3,4)5/h8-10,13H,11H2,1-7H3/b9-8+,12-10+/t13-/m0/s1. The highest BCUT2D eigenvalue weighted by molar-refractivity contribution is 14.1. The molecule has 17 heavy (non-hydrogen) atoms. The molecule has 0 saturated carbocycles. The van der Waals surface area contributed by atoms with E-state index in [9.17, 15) is 0 Å². The van der Waals surface area contributed by atoms with Crippen LogP contribution in [0, 0.1) is 5.92 Å². The van der Waals surface area contributed by atoms with Gasteiger partial charge in [0.2, 0.25) is 0 Å². The molecule has 1 atom stereocenters. The van der Waals surface area contributed by atoms with Gasteiger partial charge in [-0.1, -0.05) is 68.0 Å². The summed E-state index contributed by atoms with van der Waals surface area (Å²) in [5.41, 5.74) is 1.31. The van der Waals surface area contributed by atoms with E-state index in [4.69, 9.17) is 4.43 Å². The average molecular weight is 366 g/mol. The minimum absolute atomic E-state index is 0.299. The van der Waals surface area contributed by atoms with Crippen molar-refractivity contribution < 1.29 is 4.43 Å². The van der Waals surface area contributed by atoms with Crippen LogP contribution in [-0.4, -0.2) is 14.9 Å². The molecule has 1 nitrogen and oxygen atoms in total. The zero-order valence-electron chi connectivity index (χ0n) is 12.3. The Bertz CT molecular complexity index is 287. The van der Waals surface area contributed by atoms with E-state index in [0.29, 0.717) is 11.0 Å². The first-order chi connectivity index (χ1) is 7.60. The highest BCUT2D eigenvalue weighted by Gasteiger charge is 2.37. The summed E-state index contributed by atoms with van der Waals surface area (Å²) in [4.78, 5) is 0. The van der Waals surface area contributed by atoms with E-state index in [2.05, 4.69) is 82.5 Å². The summed E-state index contributed by atoms with van der Waals surface area (Å²) < 4.78 is 8.25. The summed E-state index contributed by atoms with van der Waals surface area (Å²) in [6.07, 6.45) is 4.41. The molecule has 0 heterocycles. The monoisotopic (exact) mass is 366 g/mol. The third-order valence-corrected chi connectivity index (χ3v) is 8.25. The first kappa shape index (κ1) is 17.4. The Hall–Kier alpha value is 0.387. The second kappa shape index (κ2) is 7.09. The molecule has 0 aromatic rings. The van der Waals surface area contributed by atoms with Gasteiger partial charge in [-0.25, -0.2) is 0 Å².